The number of alkyl halides is 3. The van der Waals surface area contributed by atoms with Gasteiger partial charge in [-0.15, -0.1) is 0 Å². The van der Waals surface area contributed by atoms with Gasteiger partial charge >= 0.3 is 6.18 Å². The van der Waals surface area contributed by atoms with Gasteiger partial charge in [0, 0.05) is 10.2 Å². The Morgan fingerprint density at radius 1 is 1.00 bits per heavy atom. The van der Waals surface area contributed by atoms with Gasteiger partial charge < -0.3 is 0 Å². The van der Waals surface area contributed by atoms with Gasteiger partial charge in [-0.1, -0.05) is 42.0 Å². The van der Waals surface area contributed by atoms with Crippen molar-refractivity contribution in [1.82, 2.24) is 0 Å². The van der Waals surface area contributed by atoms with Crippen LogP contribution in [-0.2, 0) is 6.18 Å². The molecule has 0 saturated carbocycles. The van der Waals surface area contributed by atoms with E-state index in [1.807, 2.05) is 25.1 Å². The number of allylic oxidation sites excluding steroid dienone is 1. The van der Waals surface area contributed by atoms with Gasteiger partial charge in [-0.2, -0.15) is 13.2 Å². The first kappa shape index (κ1) is 14.1. The summed E-state index contributed by atoms with van der Waals surface area (Å²) in [5, 5.41) is 0. The van der Waals surface area contributed by atoms with Crippen LogP contribution in [0.1, 0.15) is 29.2 Å². The lowest BCUT2D eigenvalue weighted by Crippen LogP contribution is -2.04. The van der Waals surface area contributed by atoms with Crippen molar-refractivity contribution in [2.45, 2.75) is 18.6 Å². The molecule has 105 valence electrons. The first-order valence-electron chi connectivity index (χ1n) is 6.58. The maximum absolute atomic E-state index is 12.6. The minimum absolute atomic E-state index is 0.175. The second kappa shape index (κ2) is 4.88. The van der Waals surface area contributed by atoms with Crippen molar-refractivity contribution in [3.05, 3.63) is 64.7 Å². The topological polar surface area (TPSA) is 0 Å². The fourth-order valence-corrected chi connectivity index (χ4v) is 2.98. The molecular formula is C17H12F3Si. The zero-order valence-corrected chi connectivity index (χ0v) is 12.3. The number of hydrogen-bond acceptors (Lipinski definition) is 0. The fourth-order valence-electron chi connectivity index (χ4n) is 2.64. The minimum Gasteiger partial charge on any atom is -0.166 e. The minimum atomic E-state index is -4.30. The summed E-state index contributed by atoms with van der Waals surface area (Å²) in [6, 6.07) is 11.2. The number of fused-ring (bicyclic) bond motifs is 1. The predicted molar refractivity (Wildman–Crippen MR) is 79.0 cm³/mol. The zero-order chi connectivity index (χ0) is 15.2. The maximum Gasteiger partial charge on any atom is 0.416 e. The van der Waals surface area contributed by atoms with E-state index in [2.05, 4.69) is 16.3 Å². The highest BCUT2D eigenvalue weighted by Crippen LogP contribution is 2.40. The molecule has 21 heavy (non-hydrogen) atoms. The first-order valence-corrected chi connectivity index (χ1v) is 7.15. The number of rotatable bonds is 1. The van der Waals surface area contributed by atoms with Crippen LogP contribution in [0, 0.1) is 0 Å². The van der Waals surface area contributed by atoms with E-state index in [1.165, 1.54) is 17.7 Å². The van der Waals surface area contributed by atoms with Crippen LogP contribution in [0.15, 0.2) is 48.0 Å². The van der Waals surface area contributed by atoms with Crippen molar-refractivity contribution >= 4 is 16.3 Å². The molecule has 0 amide bonds. The Morgan fingerprint density at radius 2 is 1.67 bits per heavy atom. The molecule has 0 N–H and O–H groups in total. The van der Waals surface area contributed by atoms with Crippen LogP contribution in [0.5, 0.6) is 0 Å². The van der Waals surface area contributed by atoms with E-state index < -0.39 is 11.7 Å². The van der Waals surface area contributed by atoms with Gasteiger partial charge in [0.05, 0.1) is 5.56 Å². The van der Waals surface area contributed by atoms with E-state index in [0.717, 1.165) is 34.4 Å². The van der Waals surface area contributed by atoms with Gasteiger partial charge in [-0.3, -0.25) is 0 Å². The average Bonchev–Trinajstić information content (AvgIpc) is 2.74. The van der Waals surface area contributed by atoms with Crippen LogP contribution >= 0.6 is 0 Å². The largest absolute Gasteiger partial charge is 0.416 e. The summed E-state index contributed by atoms with van der Waals surface area (Å²) in [6.45, 7) is 2.04. The molecule has 0 fully saturated rings. The second-order valence-electron chi connectivity index (χ2n) is 5.20. The lowest BCUT2D eigenvalue weighted by Gasteiger charge is -2.12. The highest BCUT2D eigenvalue weighted by Gasteiger charge is 2.30. The molecule has 3 rings (SSSR count). The third kappa shape index (κ3) is 2.44. The van der Waals surface area contributed by atoms with Crippen molar-refractivity contribution in [2.75, 3.05) is 0 Å². The summed E-state index contributed by atoms with van der Waals surface area (Å²) in [4.78, 5) is 0. The van der Waals surface area contributed by atoms with Crippen molar-refractivity contribution in [3.8, 4) is 11.1 Å². The summed E-state index contributed by atoms with van der Waals surface area (Å²) < 4.78 is 37.9. The molecule has 4 heteroatoms. The average molecular weight is 301 g/mol. The van der Waals surface area contributed by atoms with Gasteiger partial charge in [0.25, 0.3) is 0 Å². The molecule has 0 nitrogen and oxygen atoms in total. The number of hydrogen-bond donors (Lipinski definition) is 0. The van der Waals surface area contributed by atoms with Crippen LogP contribution in [0.4, 0.5) is 13.2 Å². The molecule has 0 aromatic heterocycles. The van der Waals surface area contributed by atoms with Crippen LogP contribution in [0.3, 0.4) is 0 Å². The molecule has 1 aliphatic carbocycles. The van der Waals surface area contributed by atoms with Gasteiger partial charge in [0.15, 0.2) is 0 Å². The highest BCUT2D eigenvalue weighted by atomic mass is 28.1. The van der Waals surface area contributed by atoms with E-state index in [4.69, 9.17) is 0 Å². The summed E-state index contributed by atoms with van der Waals surface area (Å²) in [7, 11) is 3.68. The standard InChI is InChI=1S/C17H12F3Si/c1-10-9-15-13(3-2-4-14(15)16(10)21)11-5-7-12(8-6-11)17(18,19)20/h2-9,16H,1H3. The van der Waals surface area contributed by atoms with Crippen molar-refractivity contribution in [1.29, 1.82) is 0 Å². The Kier molecular flexibility index (Phi) is 3.28. The highest BCUT2D eigenvalue weighted by molar-refractivity contribution is 6.16. The van der Waals surface area contributed by atoms with Gasteiger partial charge in [0.2, 0.25) is 0 Å². The van der Waals surface area contributed by atoms with Crippen molar-refractivity contribution in [2.24, 2.45) is 0 Å². The Morgan fingerprint density at radius 3 is 2.29 bits per heavy atom. The molecule has 3 radical (unpaired) electrons. The lowest BCUT2D eigenvalue weighted by atomic mass is 9.96. The molecule has 1 atom stereocenters. The molecule has 2 aromatic rings. The molecule has 1 aliphatic rings. The molecular weight excluding hydrogens is 289 g/mol. The quantitative estimate of drug-likeness (QED) is 0.650. The number of halogens is 3. The van der Waals surface area contributed by atoms with Gasteiger partial charge in [-0.25, -0.2) is 0 Å². The summed E-state index contributed by atoms with van der Waals surface area (Å²) in [6.07, 6.45) is -2.21. The predicted octanol–water partition coefficient (Wildman–Crippen LogP) is 5.00. The van der Waals surface area contributed by atoms with E-state index in [0.29, 0.717) is 0 Å². The van der Waals surface area contributed by atoms with E-state index in [9.17, 15) is 13.2 Å². The van der Waals surface area contributed by atoms with Crippen molar-refractivity contribution in [3.63, 3.8) is 0 Å². The third-order valence-electron chi connectivity index (χ3n) is 3.80. The monoisotopic (exact) mass is 301 g/mol. The first-order chi connectivity index (χ1) is 9.88. The maximum atomic E-state index is 12.6. The van der Waals surface area contributed by atoms with Crippen LogP contribution in [0.2, 0.25) is 0 Å². The lowest BCUT2D eigenvalue weighted by molar-refractivity contribution is -0.137. The Labute approximate surface area is 124 Å². The fraction of sp³-hybridized carbons (Fsp3) is 0.176. The Balaban J connectivity index is 2.07. The van der Waals surface area contributed by atoms with Crippen LogP contribution < -0.4 is 0 Å². The molecule has 0 bridgehead atoms. The van der Waals surface area contributed by atoms with E-state index >= 15 is 0 Å². The molecule has 1 unspecified atom stereocenters. The second-order valence-corrected chi connectivity index (χ2v) is 5.78. The Bertz CT molecular complexity index is 712. The molecule has 0 spiro atoms. The van der Waals surface area contributed by atoms with Crippen LogP contribution in [-0.4, -0.2) is 10.2 Å². The zero-order valence-electron chi connectivity index (χ0n) is 11.3. The summed E-state index contributed by atoms with van der Waals surface area (Å²) >= 11 is 0. The SMILES string of the molecule is CC1=Cc2c(-c3ccc(C(F)(F)F)cc3)cccc2C1[Si]. The molecule has 0 heterocycles. The number of benzene rings is 2. The molecule has 0 saturated heterocycles. The molecule has 0 aliphatic heterocycles. The van der Waals surface area contributed by atoms with E-state index in [1.54, 1.807) is 0 Å². The normalized spacial score (nSPS) is 17.6. The summed E-state index contributed by atoms with van der Waals surface area (Å²) in [5.74, 6) is 0. The van der Waals surface area contributed by atoms with Gasteiger partial charge in [0.1, 0.15) is 0 Å². The van der Waals surface area contributed by atoms with E-state index in [-0.39, 0.29) is 5.54 Å². The Hall–Kier alpha value is -1.81. The summed E-state index contributed by atoms with van der Waals surface area (Å²) in [5.41, 5.74) is 4.74. The third-order valence-corrected chi connectivity index (χ3v) is 4.57. The molecule has 2 aromatic carbocycles. The van der Waals surface area contributed by atoms with Gasteiger partial charge in [-0.05, 0) is 46.9 Å². The van der Waals surface area contributed by atoms with Crippen LogP contribution in [0.25, 0.3) is 17.2 Å². The van der Waals surface area contributed by atoms with Crippen molar-refractivity contribution < 1.29 is 13.2 Å². The smallest absolute Gasteiger partial charge is 0.166 e.